The number of nitrogens with zero attached hydrogens (tertiary/aromatic N) is 1. The number of benzene rings is 1. The summed E-state index contributed by atoms with van der Waals surface area (Å²) < 4.78 is 0. The first-order chi connectivity index (χ1) is 9.04. The Balaban J connectivity index is 2.15. The molecule has 0 aliphatic heterocycles. The summed E-state index contributed by atoms with van der Waals surface area (Å²) in [6, 6.07) is 11.3. The van der Waals surface area contributed by atoms with E-state index >= 15 is 0 Å². The molecule has 0 aliphatic rings. The summed E-state index contributed by atoms with van der Waals surface area (Å²) in [5, 5.41) is 3.53. The lowest BCUT2D eigenvalue weighted by molar-refractivity contribution is -0.114. The molecule has 1 aromatic carbocycles. The Morgan fingerprint density at radius 1 is 1.21 bits per heavy atom. The third-order valence-electron chi connectivity index (χ3n) is 2.42. The third-order valence-corrected chi connectivity index (χ3v) is 3.45. The van der Waals surface area contributed by atoms with Crippen LogP contribution in [0.5, 0.6) is 0 Å². The molecule has 5 heteroatoms. The number of hydrogen-bond acceptors (Lipinski definition) is 4. The van der Waals surface area contributed by atoms with Gasteiger partial charge in [0, 0.05) is 23.2 Å². The van der Waals surface area contributed by atoms with Gasteiger partial charge in [-0.3, -0.25) is 4.79 Å². The fraction of sp³-hybridized carbons (Fsp3) is 0.143. The van der Waals surface area contributed by atoms with Crippen LogP contribution in [0.15, 0.2) is 46.3 Å². The average Bonchev–Trinajstić information content (AvgIpc) is 2.35. The zero-order valence-corrected chi connectivity index (χ0v) is 11.6. The average molecular weight is 273 g/mol. The third kappa shape index (κ3) is 3.72. The maximum Gasteiger partial charge on any atom is 0.221 e. The second-order valence-electron chi connectivity index (χ2n) is 4.15. The molecule has 0 bridgehead atoms. The maximum absolute atomic E-state index is 10.9. The molecule has 1 heterocycles. The smallest absolute Gasteiger partial charge is 0.221 e. The molecule has 1 amide bonds. The van der Waals surface area contributed by atoms with Crippen molar-refractivity contribution in [1.29, 1.82) is 0 Å². The number of nitrogens with two attached hydrogens (primary N) is 1. The van der Waals surface area contributed by atoms with Crippen molar-refractivity contribution in [2.45, 2.75) is 23.8 Å². The highest BCUT2D eigenvalue weighted by atomic mass is 32.2. The van der Waals surface area contributed by atoms with Gasteiger partial charge in [0.1, 0.15) is 5.03 Å². The predicted octanol–water partition coefficient (Wildman–Crippen LogP) is 3.08. The summed E-state index contributed by atoms with van der Waals surface area (Å²) in [7, 11) is 0. The van der Waals surface area contributed by atoms with E-state index in [1.165, 1.54) is 18.7 Å². The highest BCUT2D eigenvalue weighted by Gasteiger charge is 2.04. The quantitative estimate of drug-likeness (QED) is 0.901. The van der Waals surface area contributed by atoms with E-state index in [4.69, 9.17) is 5.73 Å². The largest absolute Gasteiger partial charge is 0.397 e. The number of aryl methyl sites for hydroxylation is 1. The number of nitrogens with one attached hydrogen (secondary N) is 1. The molecule has 0 unspecified atom stereocenters. The number of amides is 1. The van der Waals surface area contributed by atoms with Crippen LogP contribution in [0.1, 0.15) is 12.6 Å². The molecule has 3 N–H and O–H groups in total. The number of rotatable bonds is 3. The van der Waals surface area contributed by atoms with Crippen LogP contribution in [0.3, 0.4) is 0 Å². The van der Waals surface area contributed by atoms with Crippen LogP contribution in [0, 0.1) is 6.92 Å². The zero-order chi connectivity index (χ0) is 13.8. The van der Waals surface area contributed by atoms with E-state index in [0.717, 1.165) is 21.3 Å². The number of carbonyl (C=O) groups is 1. The van der Waals surface area contributed by atoms with E-state index in [-0.39, 0.29) is 5.91 Å². The van der Waals surface area contributed by atoms with Crippen LogP contribution < -0.4 is 11.1 Å². The highest BCUT2D eigenvalue weighted by molar-refractivity contribution is 7.99. The van der Waals surface area contributed by atoms with Gasteiger partial charge in [0.25, 0.3) is 0 Å². The van der Waals surface area contributed by atoms with Crippen molar-refractivity contribution in [2.75, 3.05) is 11.1 Å². The monoisotopic (exact) mass is 273 g/mol. The van der Waals surface area contributed by atoms with Crippen molar-refractivity contribution in [3.05, 3.63) is 42.1 Å². The summed E-state index contributed by atoms with van der Waals surface area (Å²) in [4.78, 5) is 16.4. The summed E-state index contributed by atoms with van der Waals surface area (Å²) in [5.74, 6) is -0.0787. The molecule has 0 saturated heterocycles. The van der Waals surface area contributed by atoms with Crippen molar-refractivity contribution in [3.63, 3.8) is 0 Å². The summed E-state index contributed by atoms with van der Waals surface area (Å²) in [6.07, 6.45) is 0. The van der Waals surface area contributed by atoms with E-state index in [1.54, 1.807) is 0 Å². The van der Waals surface area contributed by atoms with Gasteiger partial charge in [-0.05, 0) is 43.3 Å². The lowest BCUT2D eigenvalue weighted by Gasteiger charge is -2.06. The Kier molecular flexibility index (Phi) is 4.06. The fourth-order valence-corrected chi connectivity index (χ4v) is 2.42. The van der Waals surface area contributed by atoms with Crippen molar-refractivity contribution in [1.82, 2.24) is 4.98 Å². The van der Waals surface area contributed by atoms with Crippen LogP contribution in [-0.2, 0) is 4.79 Å². The Bertz CT molecular complexity index is 596. The molecule has 98 valence electrons. The maximum atomic E-state index is 10.9. The molecule has 0 fully saturated rings. The second kappa shape index (κ2) is 5.75. The number of hydrogen-bond donors (Lipinski definition) is 2. The lowest BCUT2D eigenvalue weighted by Crippen LogP contribution is -2.05. The van der Waals surface area contributed by atoms with Gasteiger partial charge in [0.2, 0.25) is 5.91 Å². The Morgan fingerprint density at radius 3 is 2.53 bits per heavy atom. The number of pyridine rings is 1. The van der Waals surface area contributed by atoms with Crippen LogP contribution in [0.4, 0.5) is 11.4 Å². The summed E-state index contributed by atoms with van der Waals surface area (Å²) >= 11 is 1.51. The minimum atomic E-state index is -0.0787. The Hall–Kier alpha value is -2.01. The van der Waals surface area contributed by atoms with Gasteiger partial charge in [-0.1, -0.05) is 11.8 Å². The number of nitrogen functional groups attached to an aromatic ring is 1. The molecule has 4 nitrogen and oxygen atoms in total. The number of aromatic nitrogens is 1. The first kappa shape index (κ1) is 13.4. The fourth-order valence-electron chi connectivity index (χ4n) is 1.55. The topological polar surface area (TPSA) is 68.0 Å². The van der Waals surface area contributed by atoms with Gasteiger partial charge in [-0.25, -0.2) is 4.98 Å². The van der Waals surface area contributed by atoms with Gasteiger partial charge in [0.05, 0.1) is 5.69 Å². The van der Waals surface area contributed by atoms with Crippen LogP contribution >= 0.6 is 11.8 Å². The first-order valence-electron chi connectivity index (χ1n) is 5.83. The van der Waals surface area contributed by atoms with Crippen LogP contribution in [-0.4, -0.2) is 10.9 Å². The molecule has 19 heavy (non-hydrogen) atoms. The van der Waals surface area contributed by atoms with E-state index in [1.807, 2.05) is 43.3 Å². The molecule has 0 atom stereocenters. The highest BCUT2D eigenvalue weighted by Crippen LogP contribution is 2.31. The SMILES string of the molecule is CC(=O)Nc1ccc(Sc2nc(C)ccc2N)cc1. The number of anilines is 2. The Morgan fingerprint density at radius 2 is 1.89 bits per heavy atom. The molecule has 2 aromatic rings. The van der Waals surface area contributed by atoms with Crippen LogP contribution in [0.25, 0.3) is 0 Å². The van der Waals surface area contributed by atoms with Gasteiger partial charge < -0.3 is 11.1 Å². The number of carbonyl (C=O) groups excluding carboxylic acids is 1. The first-order valence-corrected chi connectivity index (χ1v) is 6.65. The standard InChI is InChI=1S/C14H15N3OS/c1-9-3-8-13(15)14(16-9)19-12-6-4-11(5-7-12)17-10(2)18/h3-8H,15H2,1-2H3,(H,17,18). The molecule has 0 saturated carbocycles. The minimum absolute atomic E-state index is 0.0787. The van der Waals surface area contributed by atoms with Crippen molar-refractivity contribution >= 4 is 29.0 Å². The Labute approximate surface area is 116 Å². The molecular formula is C14H15N3OS. The van der Waals surface area contributed by atoms with Gasteiger partial charge in [-0.2, -0.15) is 0 Å². The van der Waals surface area contributed by atoms with Gasteiger partial charge in [-0.15, -0.1) is 0 Å². The van der Waals surface area contributed by atoms with Gasteiger partial charge in [0.15, 0.2) is 0 Å². The zero-order valence-electron chi connectivity index (χ0n) is 10.8. The second-order valence-corrected chi connectivity index (χ2v) is 5.22. The minimum Gasteiger partial charge on any atom is -0.397 e. The molecule has 0 radical (unpaired) electrons. The van der Waals surface area contributed by atoms with E-state index in [0.29, 0.717) is 5.69 Å². The molecule has 1 aromatic heterocycles. The van der Waals surface area contributed by atoms with Gasteiger partial charge >= 0.3 is 0 Å². The van der Waals surface area contributed by atoms with E-state index in [2.05, 4.69) is 10.3 Å². The molecular weight excluding hydrogens is 258 g/mol. The van der Waals surface area contributed by atoms with Crippen molar-refractivity contribution in [2.24, 2.45) is 0 Å². The normalized spacial score (nSPS) is 10.2. The predicted molar refractivity (Wildman–Crippen MR) is 78.3 cm³/mol. The lowest BCUT2D eigenvalue weighted by atomic mass is 10.3. The molecule has 0 aliphatic carbocycles. The summed E-state index contributed by atoms with van der Waals surface area (Å²) in [6.45, 7) is 3.42. The van der Waals surface area contributed by atoms with Crippen molar-refractivity contribution < 1.29 is 4.79 Å². The van der Waals surface area contributed by atoms with Crippen LogP contribution in [0.2, 0.25) is 0 Å². The van der Waals surface area contributed by atoms with E-state index in [9.17, 15) is 4.79 Å². The van der Waals surface area contributed by atoms with E-state index < -0.39 is 0 Å². The molecule has 2 rings (SSSR count). The molecule has 0 spiro atoms. The summed E-state index contributed by atoms with van der Waals surface area (Å²) in [5.41, 5.74) is 8.28. The van der Waals surface area contributed by atoms with Crippen molar-refractivity contribution in [3.8, 4) is 0 Å².